The Morgan fingerprint density at radius 2 is 1.95 bits per heavy atom. The number of halogens is 2. The normalized spacial score (nSPS) is 10.2. The van der Waals surface area contributed by atoms with Crippen LogP contribution in [0.25, 0.3) is 0 Å². The van der Waals surface area contributed by atoms with Crippen molar-refractivity contribution >= 4 is 56.3 Å². The van der Waals surface area contributed by atoms with Gasteiger partial charge in [0.15, 0.2) is 0 Å². The number of thiocarbonyl (C=S) groups is 1. The molecule has 0 heterocycles. The Hall–Kier alpha value is -1.43. The standard InChI is InChI=1S/C15H12BrClN2OS/c1-8-2-3-9(14(18)21)6-13(8)19-15(20)10-4-11(16)7-12(17)5-10/h2-7H,1H3,(H2,18,21)(H,19,20). The lowest BCUT2D eigenvalue weighted by Gasteiger charge is -2.11. The third-order valence-corrected chi connectivity index (χ3v) is 3.81. The molecule has 0 spiro atoms. The zero-order chi connectivity index (χ0) is 15.6. The van der Waals surface area contributed by atoms with Crippen molar-refractivity contribution in [3.63, 3.8) is 0 Å². The van der Waals surface area contributed by atoms with Crippen molar-refractivity contribution in [3.8, 4) is 0 Å². The monoisotopic (exact) mass is 382 g/mol. The third kappa shape index (κ3) is 4.03. The summed E-state index contributed by atoms with van der Waals surface area (Å²) in [6.07, 6.45) is 0. The van der Waals surface area contributed by atoms with Crippen molar-refractivity contribution in [2.24, 2.45) is 5.73 Å². The van der Waals surface area contributed by atoms with Gasteiger partial charge in [-0.25, -0.2) is 0 Å². The zero-order valence-corrected chi connectivity index (χ0v) is 14.3. The summed E-state index contributed by atoms with van der Waals surface area (Å²) in [5.74, 6) is -0.249. The van der Waals surface area contributed by atoms with Crippen molar-refractivity contribution in [1.82, 2.24) is 0 Å². The fraction of sp³-hybridized carbons (Fsp3) is 0.0667. The van der Waals surface area contributed by atoms with Gasteiger partial charge in [-0.3, -0.25) is 4.79 Å². The maximum absolute atomic E-state index is 12.3. The van der Waals surface area contributed by atoms with Gasteiger partial charge in [-0.15, -0.1) is 0 Å². The van der Waals surface area contributed by atoms with Gasteiger partial charge in [0.2, 0.25) is 0 Å². The number of anilines is 1. The summed E-state index contributed by atoms with van der Waals surface area (Å²) >= 11 is 14.2. The molecule has 2 rings (SSSR count). The van der Waals surface area contributed by atoms with Crippen molar-refractivity contribution in [1.29, 1.82) is 0 Å². The topological polar surface area (TPSA) is 55.1 Å². The number of carbonyl (C=O) groups excluding carboxylic acids is 1. The largest absolute Gasteiger partial charge is 0.389 e. The molecule has 0 aliphatic rings. The lowest BCUT2D eigenvalue weighted by Crippen LogP contribution is -2.15. The molecule has 0 radical (unpaired) electrons. The molecule has 0 fully saturated rings. The molecule has 21 heavy (non-hydrogen) atoms. The minimum absolute atomic E-state index is 0.249. The summed E-state index contributed by atoms with van der Waals surface area (Å²) in [5, 5.41) is 3.33. The molecule has 108 valence electrons. The van der Waals surface area contributed by atoms with E-state index in [0.717, 1.165) is 10.0 Å². The first kappa shape index (κ1) is 15.9. The Labute approximate surface area is 141 Å². The van der Waals surface area contributed by atoms with Gasteiger partial charge in [-0.05, 0) is 36.8 Å². The van der Waals surface area contributed by atoms with Crippen LogP contribution in [0.3, 0.4) is 0 Å². The van der Waals surface area contributed by atoms with Crippen LogP contribution in [-0.4, -0.2) is 10.9 Å². The Bertz CT molecular complexity index is 713. The van der Waals surface area contributed by atoms with E-state index in [1.54, 1.807) is 24.3 Å². The summed E-state index contributed by atoms with van der Waals surface area (Å²) in [6, 6.07) is 10.5. The number of carbonyl (C=O) groups is 1. The lowest BCUT2D eigenvalue weighted by atomic mass is 10.1. The van der Waals surface area contributed by atoms with Crippen LogP contribution in [0, 0.1) is 6.92 Å². The van der Waals surface area contributed by atoms with Crippen LogP contribution >= 0.6 is 39.7 Å². The highest BCUT2D eigenvalue weighted by Gasteiger charge is 2.10. The minimum Gasteiger partial charge on any atom is -0.389 e. The second kappa shape index (κ2) is 6.56. The van der Waals surface area contributed by atoms with Crippen molar-refractivity contribution < 1.29 is 4.79 Å². The van der Waals surface area contributed by atoms with Crippen LogP contribution in [0.15, 0.2) is 40.9 Å². The van der Waals surface area contributed by atoms with Gasteiger partial charge in [0.25, 0.3) is 5.91 Å². The van der Waals surface area contributed by atoms with Gasteiger partial charge in [0, 0.05) is 26.3 Å². The smallest absolute Gasteiger partial charge is 0.255 e. The maximum atomic E-state index is 12.3. The zero-order valence-electron chi connectivity index (χ0n) is 11.1. The fourth-order valence-electron chi connectivity index (χ4n) is 1.79. The van der Waals surface area contributed by atoms with Gasteiger partial charge < -0.3 is 11.1 Å². The van der Waals surface area contributed by atoms with Gasteiger partial charge >= 0.3 is 0 Å². The average Bonchev–Trinajstić information content (AvgIpc) is 2.39. The van der Waals surface area contributed by atoms with Gasteiger partial charge in [-0.2, -0.15) is 0 Å². The SMILES string of the molecule is Cc1ccc(C(N)=S)cc1NC(=O)c1cc(Cl)cc(Br)c1. The molecule has 6 heteroatoms. The first-order valence-electron chi connectivity index (χ1n) is 6.04. The maximum Gasteiger partial charge on any atom is 0.255 e. The van der Waals surface area contributed by atoms with Crippen molar-refractivity contribution in [2.45, 2.75) is 6.92 Å². The Balaban J connectivity index is 2.31. The number of nitrogens with one attached hydrogen (secondary N) is 1. The molecule has 0 unspecified atom stereocenters. The minimum atomic E-state index is -0.249. The number of benzene rings is 2. The quantitative estimate of drug-likeness (QED) is 0.777. The second-order valence-corrected chi connectivity index (χ2v) is 6.30. The van der Waals surface area contributed by atoms with Crippen LogP contribution in [0.2, 0.25) is 5.02 Å². The summed E-state index contributed by atoms with van der Waals surface area (Å²) in [6.45, 7) is 1.90. The number of nitrogens with two attached hydrogens (primary N) is 1. The molecule has 0 saturated carbocycles. The van der Waals surface area contributed by atoms with E-state index < -0.39 is 0 Å². The van der Waals surface area contributed by atoms with Crippen LogP contribution in [0.1, 0.15) is 21.5 Å². The molecule has 0 aliphatic heterocycles. The van der Waals surface area contributed by atoms with E-state index in [0.29, 0.717) is 21.8 Å². The molecule has 0 atom stereocenters. The summed E-state index contributed by atoms with van der Waals surface area (Å²) < 4.78 is 0.744. The molecular weight excluding hydrogens is 372 g/mol. The predicted octanol–water partition coefficient (Wildman–Crippen LogP) is 4.30. The molecule has 3 N–H and O–H groups in total. The van der Waals surface area contributed by atoms with Crippen LogP contribution in [-0.2, 0) is 0 Å². The highest BCUT2D eigenvalue weighted by molar-refractivity contribution is 9.10. The summed E-state index contributed by atoms with van der Waals surface area (Å²) in [5.41, 5.74) is 8.37. The van der Waals surface area contributed by atoms with Crippen molar-refractivity contribution in [3.05, 3.63) is 62.6 Å². The van der Waals surface area contributed by atoms with E-state index in [1.807, 2.05) is 19.1 Å². The van der Waals surface area contributed by atoms with Crippen LogP contribution in [0.4, 0.5) is 5.69 Å². The van der Waals surface area contributed by atoms with Gasteiger partial charge in [0.1, 0.15) is 4.99 Å². The molecule has 1 amide bonds. The first-order valence-corrected chi connectivity index (χ1v) is 7.62. The van der Waals surface area contributed by atoms with E-state index in [9.17, 15) is 4.79 Å². The van der Waals surface area contributed by atoms with Gasteiger partial charge in [-0.1, -0.05) is 51.9 Å². The number of hydrogen-bond donors (Lipinski definition) is 2. The Kier molecular flexibility index (Phi) is 4.98. The Morgan fingerprint density at radius 3 is 2.57 bits per heavy atom. The molecule has 3 nitrogen and oxygen atoms in total. The lowest BCUT2D eigenvalue weighted by molar-refractivity contribution is 0.102. The summed E-state index contributed by atoms with van der Waals surface area (Å²) in [7, 11) is 0. The number of amides is 1. The highest BCUT2D eigenvalue weighted by atomic mass is 79.9. The van der Waals surface area contributed by atoms with E-state index in [-0.39, 0.29) is 10.9 Å². The highest BCUT2D eigenvalue weighted by Crippen LogP contribution is 2.22. The predicted molar refractivity (Wildman–Crippen MR) is 94.2 cm³/mol. The van der Waals surface area contributed by atoms with Gasteiger partial charge in [0.05, 0.1) is 0 Å². The molecule has 0 aromatic heterocycles. The second-order valence-electron chi connectivity index (χ2n) is 4.51. The first-order chi connectivity index (χ1) is 9.86. The average molecular weight is 384 g/mol. The molecule has 2 aromatic carbocycles. The van der Waals surface area contributed by atoms with Crippen molar-refractivity contribution in [2.75, 3.05) is 5.32 Å². The number of rotatable bonds is 3. The van der Waals surface area contributed by atoms with E-state index >= 15 is 0 Å². The summed E-state index contributed by atoms with van der Waals surface area (Å²) in [4.78, 5) is 12.6. The molecule has 2 aromatic rings. The number of aryl methyl sites for hydroxylation is 1. The molecule has 0 bridgehead atoms. The third-order valence-electron chi connectivity index (χ3n) is 2.90. The van der Waals surface area contributed by atoms with Crippen LogP contribution < -0.4 is 11.1 Å². The number of hydrogen-bond acceptors (Lipinski definition) is 2. The van der Waals surface area contributed by atoms with E-state index in [4.69, 9.17) is 29.6 Å². The van der Waals surface area contributed by atoms with E-state index in [1.165, 1.54) is 0 Å². The Morgan fingerprint density at radius 1 is 1.24 bits per heavy atom. The van der Waals surface area contributed by atoms with Crippen LogP contribution in [0.5, 0.6) is 0 Å². The molecule has 0 saturated heterocycles. The molecule has 0 aliphatic carbocycles. The molecular formula is C15H12BrClN2OS. The van der Waals surface area contributed by atoms with E-state index in [2.05, 4.69) is 21.2 Å². The fourth-order valence-corrected chi connectivity index (χ4v) is 2.78.